The molecule has 1 aromatic carbocycles. The van der Waals surface area contributed by atoms with E-state index in [4.69, 9.17) is 0 Å². The van der Waals surface area contributed by atoms with Gasteiger partial charge in [0.2, 0.25) is 0 Å². The van der Waals surface area contributed by atoms with E-state index >= 15 is 0 Å². The molecule has 0 aromatic heterocycles. The maximum absolute atomic E-state index is 3.57. The lowest BCUT2D eigenvalue weighted by molar-refractivity contribution is 0.438. The summed E-state index contributed by atoms with van der Waals surface area (Å²) in [5.74, 6) is 1.84. The van der Waals surface area contributed by atoms with Crippen molar-refractivity contribution in [3.63, 3.8) is 0 Å². The van der Waals surface area contributed by atoms with Crippen LogP contribution in [0.4, 0.5) is 0 Å². The summed E-state index contributed by atoms with van der Waals surface area (Å²) < 4.78 is 0. The van der Waals surface area contributed by atoms with Gasteiger partial charge in [-0.1, -0.05) is 46.8 Å². The van der Waals surface area contributed by atoms with Crippen molar-refractivity contribution in [2.45, 2.75) is 57.9 Å². The molecule has 0 aliphatic carbocycles. The first kappa shape index (κ1) is 16.6. The van der Waals surface area contributed by atoms with Crippen molar-refractivity contribution in [2.24, 2.45) is 5.92 Å². The van der Waals surface area contributed by atoms with E-state index in [-0.39, 0.29) is 5.41 Å². The van der Waals surface area contributed by atoms with Gasteiger partial charge in [0, 0.05) is 23.2 Å². The minimum atomic E-state index is 0.247. The molecule has 0 saturated heterocycles. The molecule has 0 fully saturated rings. The first-order valence-electron chi connectivity index (χ1n) is 7.27. The van der Waals surface area contributed by atoms with Crippen LogP contribution in [0.2, 0.25) is 0 Å². The van der Waals surface area contributed by atoms with E-state index in [0.29, 0.717) is 12.0 Å². The van der Waals surface area contributed by atoms with Crippen LogP contribution in [0.5, 0.6) is 0 Å². The molecule has 0 bridgehead atoms. The second kappa shape index (κ2) is 7.35. The molecule has 1 nitrogen and oxygen atoms in total. The number of hydrogen-bond acceptors (Lipinski definition) is 2. The molecule has 0 aliphatic rings. The molecule has 1 aromatic rings. The number of nitrogens with one attached hydrogen (secondary N) is 1. The lowest BCUT2D eigenvalue weighted by Crippen LogP contribution is -2.32. The van der Waals surface area contributed by atoms with Crippen LogP contribution in [0.3, 0.4) is 0 Å². The van der Waals surface area contributed by atoms with E-state index in [9.17, 15) is 0 Å². The van der Waals surface area contributed by atoms with Gasteiger partial charge in [0.25, 0.3) is 0 Å². The van der Waals surface area contributed by atoms with Gasteiger partial charge in [-0.05, 0) is 36.0 Å². The minimum absolute atomic E-state index is 0.247. The third-order valence-corrected chi connectivity index (χ3v) is 4.57. The Kier molecular flexibility index (Phi) is 6.41. The number of thioether (sulfide) groups is 1. The maximum Gasteiger partial charge on any atom is 0.0106 e. The zero-order valence-corrected chi connectivity index (χ0v) is 14.1. The summed E-state index contributed by atoms with van der Waals surface area (Å²) in [5, 5.41) is 3.57. The van der Waals surface area contributed by atoms with Crippen LogP contribution in [0.25, 0.3) is 0 Å². The quantitative estimate of drug-likeness (QED) is 0.598. The van der Waals surface area contributed by atoms with Crippen molar-refractivity contribution in [3.05, 3.63) is 29.8 Å². The highest BCUT2D eigenvalue weighted by Gasteiger charge is 2.12. The third-order valence-electron chi connectivity index (χ3n) is 3.56. The zero-order chi connectivity index (χ0) is 14.5. The monoisotopic (exact) mass is 279 g/mol. The highest BCUT2D eigenvalue weighted by molar-refractivity contribution is 7.99. The summed E-state index contributed by atoms with van der Waals surface area (Å²) in [4.78, 5) is 1.37. The molecule has 19 heavy (non-hydrogen) atoms. The van der Waals surface area contributed by atoms with Crippen LogP contribution in [0.15, 0.2) is 29.2 Å². The standard InChI is InChI=1S/C17H29NS/c1-13(2)14(3)18-11-12-19-16-9-7-15(8-10-16)17(4,5)6/h7-10,13-14,18H,11-12H2,1-6H3. The Hall–Kier alpha value is -0.470. The van der Waals surface area contributed by atoms with Crippen molar-refractivity contribution in [2.75, 3.05) is 12.3 Å². The van der Waals surface area contributed by atoms with Crippen LogP contribution < -0.4 is 5.32 Å². The molecule has 0 heterocycles. The molecule has 0 spiro atoms. The molecule has 0 saturated carbocycles. The molecule has 1 rings (SSSR count). The lowest BCUT2D eigenvalue weighted by atomic mass is 9.87. The van der Waals surface area contributed by atoms with E-state index in [0.717, 1.165) is 12.3 Å². The Morgan fingerprint density at radius 2 is 1.63 bits per heavy atom. The van der Waals surface area contributed by atoms with Crippen LogP contribution in [-0.2, 0) is 5.41 Å². The molecule has 1 atom stereocenters. The maximum atomic E-state index is 3.57. The van der Waals surface area contributed by atoms with Gasteiger partial charge in [-0.15, -0.1) is 11.8 Å². The van der Waals surface area contributed by atoms with Crippen LogP contribution in [-0.4, -0.2) is 18.3 Å². The predicted octanol–water partition coefficient (Wildman–Crippen LogP) is 4.71. The normalized spacial score (nSPS) is 13.8. The topological polar surface area (TPSA) is 12.0 Å². The fraction of sp³-hybridized carbons (Fsp3) is 0.647. The third kappa shape index (κ3) is 6.01. The Balaban J connectivity index is 2.35. The molecule has 0 radical (unpaired) electrons. The van der Waals surface area contributed by atoms with E-state index in [1.807, 2.05) is 11.8 Å². The lowest BCUT2D eigenvalue weighted by Gasteiger charge is -2.19. The zero-order valence-electron chi connectivity index (χ0n) is 13.3. The van der Waals surface area contributed by atoms with Gasteiger partial charge in [0.1, 0.15) is 0 Å². The fourth-order valence-electron chi connectivity index (χ4n) is 1.74. The molecule has 1 unspecified atom stereocenters. The summed E-state index contributed by atoms with van der Waals surface area (Å²) >= 11 is 1.93. The van der Waals surface area contributed by atoms with Crippen molar-refractivity contribution in [3.8, 4) is 0 Å². The molecule has 2 heteroatoms. The van der Waals surface area contributed by atoms with Crippen molar-refractivity contribution in [1.29, 1.82) is 0 Å². The summed E-state index contributed by atoms with van der Waals surface area (Å²) in [6, 6.07) is 9.61. The van der Waals surface area contributed by atoms with Crippen molar-refractivity contribution in [1.82, 2.24) is 5.32 Å². The summed E-state index contributed by atoms with van der Waals surface area (Å²) in [6.45, 7) is 14.6. The van der Waals surface area contributed by atoms with Crippen LogP contribution >= 0.6 is 11.8 Å². The largest absolute Gasteiger partial charge is 0.313 e. The molecule has 0 aliphatic heterocycles. The van der Waals surface area contributed by atoms with Gasteiger partial charge in [0.05, 0.1) is 0 Å². The van der Waals surface area contributed by atoms with Gasteiger partial charge in [-0.25, -0.2) is 0 Å². The number of rotatable bonds is 6. The van der Waals surface area contributed by atoms with E-state index in [2.05, 4.69) is 71.1 Å². The number of benzene rings is 1. The molecule has 0 amide bonds. The first-order valence-corrected chi connectivity index (χ1v) is 8.26. The summed E-state index contributed by atoms with van der Waals surface area (Å²) in [6.07, 6.45) is 0. The summed E-state index contributed by atoms with van der Waals surface area (Å²) in [5.41, 5.74) is 1.65. The van der Waals surface area contributed by atoms with E-state index < -0.39 is 0 Å². The van der Waals surface area contributed by atoms with E-state index in [1.54, 1.807) is 0 Å². The van der Waals surface area contributed by atoms with Crippen molar-refractivity contribution < 1.29 is 0 Å². The number of hydrogen-bond donors (Lipinski definition) is 1. The van der Waals surface area contributed by atoms with Gasteiger partial charge in [0.15, 0.2) is 0 Å². The molecular formula is C17H29NS. The van der Waals surface area contributed by atoms with Crippen LogP contribution in [0, 0.1) is 5.92 Å². The second-order valence-electron chi connectivity index (χ2n) is 6.61. The smallest absolute Gasteiger partial charge is 0.0106 e. The summed E-state index contributed by atoms with van der Waals surface area (Å²) in [7, 11) is 0. The Morgan fingerprint density at radius 3 is 2.11 bits per heavy atom. The molecular weight excluding hydrogens is 250 g/mol. The Morgan fingerprint density at radius 1 is 1.05 bits per heavy atom. The van der Waals surface area contributed by atoms with Gasteiger partial charge < -0.3 is 5.32 Å². The van der Waals surface area contributed by atoms with Crippen molar-refractivity contribution >= 4 is 11.8 Å². The van der Waals surface area contributed by atoms with E-state index in [1.165, 1.54) is 10.5 Å². The second-order valence-corrected chi connectivity index (χ2v) is 7.78. The van der Waals surface area contributed by atoms with Gasteiger partial charge >= 0.3 is 0 Å². The predicted molar refractivity (Wildman–Crippen MR) is 88.2 cm³/mol. The average molecular weight is 279 g/mol. The Bertz CT molecular complexity index is 362. The average Bonchev–Trinajstić information content (AvgIpc) is 2.33. The first-order chi connectivity index (χ1) is 8.80. The Labute approximate surface area is 123 Å². The molecule has 108 valence electrons. The van der Waals surface area contributed by atoms with Crippen LogP contribution in [0.1, 0.15) is 47.1 Å². The molecule has 1 N–H and O–H groups in total. The minimum Gasteiger partial charge on any atom is -0.313 e. The van der Waals surface area contributed by atoms with Gasteiger partial charge in [-0.3, -0.25) is 0 Å². The van der Waals surface area contributed by atoms with Gasteiger partial charge in [-0.2, -0.15) is 0 Å². The highest BCUT2D eigenvalue weighted by atomic mass is 32.2. The highest BCUT2D eigenvalue weighted by Crippen LogP contribution is 2.25. The fourth-order valence-corrected chi connectivity index (χ4v) is 2.53. The SMILES string of the molecule is CC(C)C(C)NCCSc1ccc(C(C)(C)C)cc1.